The van der Waals surface area contributed by atoms with Gasteiger partial charge in [-0.1, -0.05) is 54.6 Å². The van der Waals surface area contributed by atoms with Crippen molar-refractivity contribution >= 4 is 52.2 Å². The minimum Gasteiger partial charge on any atom is -0.508 e. The Labute approximate surface area is 306 Å². The van der Waals surface area contributed by atoms with Gasteiger partial charge >= 0.3 is 0 Å². The molecule has 1 aliphatic heterocycles. The van der Waals surface area contributed by atoms with Gasteiger partial charge in [0.1, 0.15) is 29.9 Å². The summed E-state index contributed by atoms with van der Waals surface area (Å²) in [5.41, 5.74) is 23.1. The first kappa shape index (κ1) is 39.4. The van der Waals surface area contributed by atoms with Crippen LogP contribution in [0.2, 0.25) is 0 Å². The zero-order valence-electron chi connectivity index (χ0n) is 29.2. The number of nitrogens with zero attached hydrogens (tertiary/aromatic N) is 2. The van der Waals surface area contributed by atoms with Crippen LogP contribution in [0.1, 0.15) is 36.8 Å². The minimum absolute atomic E-state index is 0.0102. The number of carbonyl (C=O) groups is 5. The predicted octanol–water partition coefficient (Wildman–Crippen LogP) is -1.49. The maximum atomic E-state index is 14.0. The zero-order valence-corrected chi connectivity index (χ0v) is 29.2. The molecule has 0 bridgehead atoms. The fourth-order valence-electron chi connectivity index (χ4n) is 5.79. The second kappa shape index (κ2) is 19.3. The number of hydrogen-bond acceptors (Lipinski definition) is 8. The predicted molar refractivity (Wildman–Crippen MR) is 200 cm³/mol. The van der Waals surface area contributed by atoms with Gasteiger partial charge in [0.05, 0.1) is 6.54 Å². The first-order chi connectivity index (χ1) is 25.4. The molecular weight excluding hydrogens is 682 g/mol. The number of nitrogens with two attached hydrogens (primary N) is 4. The molecule has 1 fully saturated rings. The van der Waals surface area contributed by atoms with E-state index in [4.69, 9.17) is 22.9 Å². The first-order valence-electron chi connectivity index (χ1n) is 17.2. The zero-order chi connectivity index (χ0) is 38.3. The molecular formula is C36H47N11O6. The number of benzene rings is 3. The Morgan fingerprint density at radius 3 is 1.70 bits per heavy atom. The number of amides is 5. The van der Waals surface area contributed by atoms with Gasteiger partial charge in [-0.2, -0.15) is 0 Å². The van der Waals surface area contributed by atoms with Crippen LogP contribution in [0.15, 0.2) is 76.7 Å². The molecule has 14 N–H and O–H groups in total. The summed E-state index contributed by atoms with van der Waals surface area (Å²) in [6, 6.07) is 14.7. The maximum Gasteiger partial charge on any atom is 0.243 e. The molecule has 17 nitrogen and oxygen atoms in total. The number of carbonyl (C=O) groups excluding carboxylic acids is 5. The highest BCUT2D eigenvalue weighted by molar-refractivity contribution is 5.97. The molecule has 17 heteroatoms. The van der Waals surface area contributed by atoms with Gasteiger partial charge in [0, 0.05) is 25.9 Å². The summed E-state index contributed by atoms with van der Waals surface area (Å²) in [5, 5.41) is 25.2. The molecule has 282 valence electrons. The topological polar surface area (TPSA) is 295 Å². The minimum atomic E-state index is -1.23. The monoisotopic (exact) mass is 729 g/mol. The second-order valence-corrected chi connectivity index (χ2v) is 12.7. The Hall–Kier alpha value is -6.39. The Kier molecular flexibility index (Phi) is 14.3. The van der Waals surface area contributed by atoms with E-state index in [-0.39, 0.29) is 62.9 Å². The van der Waals surface area contributed by atoms with E-state index in [1.165, 1.54) is 12.1 Å². The summed E-state index contributed by atoms with van der Waals surface area (Å²) in [5.74, 6) is -3.66. The van der Waals surface area contributed by atoms with Gasteiger partial charge in [0.2, 0.25) is 29.5 Å². The van der Waals surface area contributed by atoms with Crippen LogP contribution in [-0.2, 0) is 36.8 Å². The van der Waals surface area contributed by atoms with E-state index in [1.54, 1.807) is 12.1 Å². The van der Waals surface area contributed by atoms with Crippen LogP contribution in [0.5, 0.6) is 5.75 Å². The lowest BCUT2D eigenvalue weighted by molar-refractivity contribution is -0.134. The highest BCUT2D eigenvalue weighted by Gasteiger charge is 2.32. The Morgan fingerprint density at radius 1 is 0.604 bits per heavy atom. The molecule has 5 amide bonds. The summed E-state index contributed by atoms with van der Waals surface area (Å²) < 4.78 is 0. The van der Waals surface area contributed by atoms with Crippen LogP contribution in [0.3, 0.4) is 0 Å². The third kappa shape index (κ3) is 12.7. The van der Waals surface area contributed by atoms with Crippen LogP contribution in [-0.4, -0.2) is 90.4 Å². The lowest BCUT2D eigenvalue weighted by Crippen LogP contribution is -2.58. The van der Waals surface area contributed by atoms with Crippen molar-refractivity contribution in [1.29, 1.82) is 0 Å². The maximum absolute atomic E-state index is 14.0. The molecule has 0 aromatic heterocycles. The summed E-state index contributed by atoms with van der Waals surface area (Å²) in [6.45, 7) is -0.177. The van der Waals surface area contributed by atoms with E-state index >= 15 is 0 Å². The average molecular weight is 730 g/mol. The molecule has 3 aromatic rings. The number of phenolic OH excluding ortho intramolecular Hbond substituents is 1. The van der Waals surface area contributed by atoms with E-state index in [1.807, 2.05) is 42.5 Å². The highest BCUT2D eigenvalue weighted by Crippen LogP contribution is 2.18. The number of fused-ring (bicyclic) bond motifs is 1. The van der Waals surface area contributed by atoms with Crippen molar-refractivity contribution in [2.75, 3.05) is 19.6 Å². The van der Waals surface area contributed by atoms with Crippen molar-refractivity contribution in [2.45, 2.75) is 62.7 Å². The summed E-state index contributed by atoms with van der Waals surface area (Å²) in [7, 11) is 0. The Bertz CT molecular complexity index is 1820. The lowest BCUT2D eigenvalue weighted by Gasteiger charge is -2.26. The number of aliphatic imine (C=N–C) groups is 2. The number of rotatable bonds is 12. The third-order valence-corrected chi connectivity index (χ3v) is 8.49. The quantitative estimate of drug-likeness (QED) is 0.0585. The van der Waals surface area contributed by atoms with E-state index in [0.29, 0.717) is 12.0 Å². The molecule has 3 aromatic carbocycles. The molecule has 4 rings (SSSR count). The van der Waals surface area contributed by atoms with Gasteiger partial charge in [-0.05, 0) is 59.7 Å². The molecule has 0 radical (unpaired) electrons. The van der Waals surface area contributed by atoms with Crippen LogP contribution in [0.25, 0.3) is 10.8 Å². The number of hydrogen-bond donors (Lipinski definition) is 10. The molecule has 1 heterocycles. The molecule has 0 aliphatic carbocycles. The SMILES string of the molecule is NC(N)=NCCC[C@@H]1NC(=O)[C@H](CCCN=C(N)N)NC(=O)[C@@H](Cc2ccc(O)cc2)NC(=O)[C@H](Cc2ccc3ccccc3c2)NC(=O)CNC1=O. The lowest BCUT2D eigenvalue weighted by atomic mass is 9.99. The van der Waals surface area contributed by atoms with Crippen LogP contribution in [0.4, 0.5) is 0 Å². The fourth-order valence-corrected chi connectivity index (χ4v) is 5.79. The van der Waals surface area contributed by atoms with Crippen LogP contribution >= 0.6 is 0 Å². The average Bonchev–Trinajstić information content (AvgIpc) is 3.12. The largest absolute Gasteiger partial charge is 0.508 e. The van der Waals surface area contributed by atoms with E-state index in [0.717, 1.165) is 16.3 Å². The van der Waals surface area contributed by atoms with Gasteiger partial charge < -0.3 is 54.6 Å². The van der Waals surface area contributed by atoms with Crippen LogP contribution in [0, 0.1) is 0 Å². The third-order valence-electron chi connectivity index (χ3n) is 8.49. The van der Waals surface area contributed by atoms with Crippen molar-refractivity contribution < 1.29 is 29.1 Å². The van der Waals surface area contributed by atoms with Gasteiger partial charge in [-0.15, -0.1) is 0 Å². The molecule has 4 atom stereocenters. The normalized spacial score (nSPS) is 20.0. The first-order valence-corrected chi connectivity index (χ1v) is 17.2. The Morgan fingerprint density at radius 2 is 1.09 bits per heavy atom. The molecule has 0 spiro atoms. The molecule has 0 saturated carbocycles. The van der Waals surface area contributed by atoms with Gasteiger partial charge in [0.15, 0.2) is 11.9 Å². The number of aromatic hydroxyl groups is 1. The highest BCUT2D eigenvalue weighted by atomic mass is 16.3. The smallest absolute Gasteiger partial charge is 0.243 e. The molecule has 0 unspecified atom stereocenters. The number of phenols is 1. The summed E-state index contributed by atoms with van der Waals surface area (Å²) in [4.78, 5) is 76.3. The van der Waals surface area contributed by atoms with E-state index < -0.39 is 60.2 Å². The van der Waals surface area contributed by atoms with Crippen molar-refractivity contribution in [3.63, 3.8) is 0 Å². The van der Waals surface area contributed by atoms with E-state index in [9.17, 15) is 29.1 Å². The van der Waals surface area contributed by atoms with Crippen molar-refractivity contribution in [3.05, 3.63) is 77.9 Å². The standard InChI is InChI=1S/C36H47N11O6/c37-35(38)41-15-3-7-26-31(50)43-20-30(49)44-28(19-22-9-12-23-5-1-2-6-24(23)17-22)33(52)47-29(18-21-10-13-25(48)14-11-21)34(53)46-27(32(51)45-26)8-4-16-42-36(39)40/h1-2,5-6,9-14,17,26-29,48H,3-4,7-8,15-16,18-20H2,(H,43,50)(H,44,49)(H,45,51)(H,46,53)(H,47,52)(H4,37,38,41)(H4,39,40,42)/t26-,27-,28-,29+/m0/s1. The number of nitrogens with one attached hydrogen (secondary N) is 5. The number of guanidine groups is 2. The van der Waals surface area contributed by atoms with Crippen LogP contribution < -0.4 is 49.5 Å². The second-order valence-electron chi connectivity index (χ2n) is 12.7. The molecule has 53 heavy (non-hydrogen) atoms. The molecule has 1 saturated heterocycles. The van der Waals surface area contributed by atoms with Gasteiger partial charge in [-0.3, -0.25) is 34.0 Å². The fraction of sp³-hybridized carbons (Fsp3) is 0.361. The van der Waals surface area contributed by atoms with Gasteiger partial charge in [0.25, 0.3) is 0 Å². The summed E-state index contributed by atoms with van der Waals surface area (Å²) in [6.07, 6.45) is 0.777. The van der Waals surface area contributed by atoms with Gasteiger partial charge in [-0.25, -0.2) is 0 Å². The van der Waals surface area contributed by atoms with Crippen molar-refractivity contribution in [1.82, 2.24) is 26.6 Å². The summed E-state index contributed by atoms with van der Waals surface area (Å²) >= 11 is 0. The van der Waals surface area contributed by atoms with E-state index in [2.05, 4.69) is 36.6 Å². The van der Waals surface area contributed by atoms with Crippen molar-refractivity contribution in [3.8, 4) is 5.75 Å². The van der Waals surface area contributed by atoms with Crippen molar-refractivity contribution in [2.24, 2.45) is 32.9 Å². The Balaban J connectivity index is 1.69. The molecule has 1 aliphatic rings.